The standard InChI is InChI=1S/C22H23F3N4O2S/c1-13(2)29-10-18(28-6-5-22(24,25)12-28)20-17(29)9-26-21(27-20)32-11-14-3-4-16(23)15(7-14)8-19(30)31/h3-4,7,9-10,13H,5-6,8,11-12H2,1-2H3,(H,30,31). The number of aromatic nitrogens is 3. The number of carbonyl (C=O) groups is 1. The highest BCUT2D eigenvalue weighted by molar-refractivity contribution is 7.98. The molecule has 0 saturated carbocycles. The van der Waals surface area contributed by atoms with Gasteiger partial charge in [-0.05, 0) is 31.0 Å². The molecular weight excluding hydrogens is 441 g/mol. The quantitative estimate of drug-likeness (QED) is 0.396. The molecule has 170 valence electrons. The van der Waals surface area contributed by atoms with Crippen LogP contribution in [0.25, 0.3) is 11.0 Å². The lowest BCUT2D eigenvalue weighted by Crippen LogP contribution is -2.24. The molecule has 32 heavy (non-hydrogen) atoms. The minimum atomic E-state index is -2.72. The molecule has 3 aromatic rings. The van der Waals surface area contributed by atoms with Crippen molar-refractivity contribution in [2.45, 2.75) is 49.6 Å². The van der Waals surface area contributed by atoms with Gasteiger partial charge >= 0.3 is 5.97 Å². The summed E-state index contributed by atoms with van der Waals surface area (Å²) in [5, 5.41) is 9.40. The van der Waals surface area contributed by atoms with Gasteiger partial charge in [0.05, 0.1) is 30.4 Å². The first-order valence-electron chi connectivity index (χ1n) is 10.3. The number of alkyl halides is 2. The zero-order chi connectivity index (χ0) is 23.0. The summed E-state index contributed by atoms with van der Waals surface area (Å²) >= 11 is 1.32. The van der Waals surface area contributed by atoms with Gasteiger partial charge in [0.15, 0.2) is 5.16 Å². The summed E-state index contributed by atoms with van der Waals surface area (Å²) < 4.78 is 43.5. The van der Waals surface area contributed by atoms with E-state index in [-0.39, 0.29) is 37.5 Å². The van der Waals surface area contributed by atoms with Gasteiger partial charge in [0.25, 0.3) is 5.92 Å². The number of rotatable bonds is 7. The third-order valence-corrected chi connectivity index (χ3v) is 6.35. The normalized spacial score (nSPS) is 15.8. The fourth-order valence-corrected chi connectivity index (χ4v) is 4.59. The summed E-state index contributed by atoms with van der Waals surface area (Å²) in [7, 11) is 0. The van der Waals surface area contributed by atoms with E-state index in [2.05, 4.69) is 9.97 Å². The van der Waals surface area contributed by atoms with Gasteiger partial charge in [-0.1, -0.05) is 23.9 Å². The van der Waals surface area contributed by atoms with E-state index in [1.807, 2.05) is 24.6 Å². The number of carboxylic acids is 1. The number of anilines is 1. The Morgan fingerprint density at radius 2 is 2.12 bits per heavy atom. The van der Waals surface area contributed by atoms with Crippen LogP contribution in [-0.4, -0.2) is 44.6 Å². The number of aliphatic carboxylic acids is 1. The number of benzene rings is 1. The van der Waals surface area contributed by atoms with Gasteiger partial charge in [0, 0.05) is 31.0 Å². The Hall–Kier alpha value is -2.75. The van der Waals surface area contributed by atoms with Crippen molar-refractivity contribution in [2.75, 3.05) is 18.0 Å². The zero-order valence-electron chi connectivity index (χ0n) is 17.7. The molecule has 0 unspecified atom stereocenters. The monoisotopic (exact) mass is 464 g/mol. The van der Waals surface area contributed by atoms with Crippen LogP contribution in [0.3, 0.4) is 0 Å². The van der Waals surface area contributed by atoms with Crippen LogP contribution in [0.15, 0.2) is 35.7 Å². The van der Waals surface area contributed by atoms with Gasteiger partial charge in [0.1, 0.15) is 11.3 Å². The van der Waals surface area contributed by atoms with E-state index in [0.29, 0.717) is 22.1 Å². The lowest BCUT2D eigenvalue weighted by molar-refractivity contribution is -0.136. The van der Waals surface area contributed by atoms with Crippen molar-refractivity contribution in [3.63, 3.8) is 0 Å². The third-order valence-electron chi connectivity index (χ3n) is 5.42. The van der Waals surface area contributed by atoms with E-state index in [9.17, 15) is 18.0 Å². The van der Waals surface area contributed by atoms with Crippen LogP contribution in [0.1, 0.15) is 37.4 Å². The molecule has 0 radical (unpaired) electrons. The summed E-state index contributed by atoms with van der Waals surface area (Å²) in [6.07, 6.45) is 2.98. The second-order valence-electron chi connectivity index (χ2n) is 8.21. The fraction of sp³-hybridized carbons (Fsp3) is 0.409. The molecule has 2 aromatic heterocycles. The minimum absolute atomic E-state index is 0.114. The van der Waals surface area contributed by atoms with Crippen molar-refractivity contribution in [3.8, 4) is 0 Å². The van der Waals surface area contributed by atoms with E-state index in [1.54, 1.807) is 17.2 Å². The summed E-state index contributed by atoms with van der Waals surface area (Å²) in [5.41, 5.74) is 2.94. The summed E-state index contributed by atoms with van der Waals surface area (Å²) in [6.45, 7) is 3.94. The first-order chi connectivity index (χ1) is 15.1. The Morgan fingerprint density at radius 3 is 2.78 bits per heavy atom. The highest BCUT2D eigenvalue weighted by Gasteiger charge is 2.39. The molecule has 0 spiro atoms. The lowest BCUT2D eigenvalue weighted by atomic mass is 10.1. The molecule has 0 amide bonds. The molecule has 6 nitrogen and oxygen atoms in total. The Bertz CT molecular complexity index is 1170. The highest BCUT2D eigenvalue weighted by atomic mass is 32.2. The van der Waals surface area contributed by atoms with Crippen LogP contribution in [0.5, 0.6) is 0 Å². The number of carboxylic acid groups (broad SMARTS) is 1. The second-order valence-corrected chi connectivity index (χ2v) is 9.16. The van der Waals surface area contributed by atoms with Crippen molar-refractivity contribution in [1.29, 1.82) is 0 Å². The maximum atomic E-state index is 13.8. The number of hydrogen-bond donors (Lipinski definition) is 1. The van der Waals surface area contributed by atoms with Crippen molar-refractivity contribution in [2.24, 2.45) is 0 Å². The fourth-order valence-electron chi connectivity index (χ4n) is 3.83. The molecule has 1 aliphatic heterocycles. The molecule has 0 bridgehead atoms. The largest absolute Gasteiger partial charge is 0.481 e. The van der Waals surface area contributed by atoms with Gasteiger partial charge in [-0.15, -0.1) is 0 Å². The van der Waals surface area contributed by atoms with Crippen LogP contribution in [-0.2, 0) is 17.0 Å². The molecule has 0 aliphatic carbocycles. The maximum absolute atomic E-state index is 13.8. The number of nitrogens with zero attached hydrogens (tertiary/aromatic N) is 4. The van der Waals surface area contributed by atoms with Gasteiger partial charge in [0.2, 0.25) is 0 Å². The molecule has 3 heterocycles. The first kappa shape index (κ1) is 22.4. The third kappa shape index (κ3) is 4.69. The predicted octanol–water partition coefficient (Wildman–Crippen LogP) is 4.92. The first-order valence-corrected chi connectivity index (χ1v) is 11.2. The molecular formula is C22H23F3N4O2S. The van der Waals surface area contributed by atoms with E-state index in [4.69, 9.17) is 5.11 Å². The van der Waals surface area contributed by atoms with Crippen molar-refractivity contribution < 1.29 is 23.1 Å². The van der Waals surface area contributed by atoms with Gasteiger partial charge in [-0.2, -0.15) is 0 Å². The minimum Gasteiger partial charge on any atom is -0.481 e. The highest BCUT2D eigenvalue weighted by Crippen LogP contribution is 2.37. The zero-order valence-corrected chi connectivity index (χ0v) is 18.5. The van der Waals surface area contributed by atoms with E-state index in [1.165, 1.54) is 23.9 Å². The number of thioether (sulfide) groups is 1. The SMILES string of the molecule is CC(C)n1cc(N2CCC(F)(F)C2)c2nc(SCc3ccc(F)c(CC(=O)O)c3)ncc21. The molecule has 1 N–H and O–H groups in total. The van der Waals surface area contributed by atoms with E-state index >= 15 is 0 Å². The van der Waals surface area contributed by atoms with Gasteiger partial charge < -0.3 is 14.6 Å². The van der Waals surface area contributed by atoms with E-state index < -0.39 is 17.7 Å². The smallest absolute Gasteiger partial charge is 0.307 e. The number of hydrogen-bond acceptors (Lipinski definition) is 5. The summed E-state index contributed by atoms with van der Waals surface area (Å²) in [4.78, 5) is 21.7. The molecule has 1 aromatic carbocycles. The average Bonchev–Trinajstić information content (AvgIpc) is 3.27. The Labute approximate surface area is 187 Å². The molecule has 1 fully saturated rings. The van der Waals surface area contributed by atoms with Gasteiger partial charge in [-0.25, -0.2) is 23.1 Å². The van der Waals surface area contributed by atoms with Crippen molar-refractivity contribution in [3.05, 3.63) is 47.5 Å². The van der Waals surface area contributed by atoms with E-state index in [0.717, 1.165) is 11.1 Å². The predicted molar refractivity (Wildman–Crippen MR) is 117 cm³/mol. The van der Waals surface area contributed by atoms with Crippen LogP contribution in [0.4, 0.5) is 18.9 Å². The van der Waals surface area contributed by atoms with Crippen LogP contribution >= 0.6 is 11.8 Å². The average molecular weight is 465 g/mol. The Kier molecular flexibility index (Phi) is 6.07. The van der Waals surface area contributed by atoms with Crippen LogP contribution in [0, 0.1) is 5.82 Å². The molecule has 0 atom stereocenters. The molecule has 10 heteroatoms. The van der Waals surface area contributed by atoms with Crippen LogP contribution in [0.2, 0.25) is 0 Å². The van der Waals surface area contributed by atoms with Crippen molar-refractivity contribution >= 4 is 34.5 Å². The topological polar surface area (TPSA) is 71.2 Å². The van der Waals surface area contributed by atoms with Crippen LogP contribution < -0.4 is 4.90 Å². The lowest BCUT2D eigenvalue weighted by Gasteiger charge is -2.16. The Morgan fingerprint density at radius 1 is 1.34 bits per heavy atom. The Balaban J connectivity index is 1.60. The number of halogens is 3. The summed E-state index contributed by atoms with van der Waals surface area (Å²) in [6, 6.07) is 4.50. The molecule has 4 rings (SSSR count). The molecule has 1 aliphatic rings. The molecule has 1 saturated heterocycles. The maximum Gasteiger partial charge on any atom is 0.307 e. The second kappa shape index (κ2) is 8.65. The number of fused-ring (bicyclic) bond motifs is 1. The van der Waals surface area contributed by atoms with Gasteiger partial charge in [-0.3, -0.25) is 4.79 Å². The summed E-state index contributed by atoms with van der Waals surface area (Å²) in [5.74, 6) is -3.95. The van der Waals surface area contributed by atoms with Crippen molar-refractivity contribution in [1.82, 2.24) is 14.5 Å².